The predicted octanol–water partition coefficient (Wildman–Crippen LogP) is 2.63. The molecule has 0 atom stereocenters. The van der Waals surface area contributed by atoms with Crippen molar-refractivity contribution < 1.29 is 22.9 Å². The molecule has 1 amide bonds. The zero-order valence-corrected chi connectivity index (χ0v) is 12.5. The van der Waals surface area contributed by atoms with Gasteiger partial charge in [-0.25, -0.2) is 4.98 Å². The molecule has 24 heavy (non-hydrogen) atoms. The van der Waals surface area contributed by atoms with Crippen LogP contribution in [0.1, 0.15) is 16.2 Å². The van der Waals surface area contributed by atoms with E-state index in [-0.39, 0.29) is 23.6 Å². The van der Waals surface area contributed by atoms with Gasteiger partial charge in [-0.2, -0.15) is 13.2 Å². The van der Waals surface area contributed by atoms with Crippen LogP contribution in [0.2, 0.25) is 0 Å². The molecule has 7 nitrogen and oxygen atoms in total. The van der Waals surface area contributed by atoms with Crippen molar-refractivity contribution in [3.8, 4) is 0 Å². The topological polar surface area (TPSA) is 81.3 Å². The molecule has 2 rings (SSSR count). The summed E-state index contributed by atoms with van der Waals surface area (Å²) in [5.74, 6) is -0.648. The second-order valence-electron chi connectivity index (χ2n) is 5.02. The second kappa shape index (κ2) is 6.69. The first-order chi connectivity index (χ1) is 11.2. The van der Waals surface area contributed by atoms with Crippen molar-refractivity contribution in [3.05, 3.63) is 58.2 Å². The van der Waals surface area contributed by atoms with Crippen molar-refractivity contribution in [1.82, 2.24) is 14.5 Å². The number of amides is 1. The molecule has 0 spiro atoms. The zero-order chi connectivity index (χ0) is 17.9. The minimum atomic E-state index is -4.42. The quantitative estimate of drug-likeness (QED) is 0.618. The Morgan fingerprint density at radius 3 is 2.67 bits per heavy atom. The van der Waals surface area contributed by atoms with Crippen LogP contribution in [0, 0.1) is 10.1 Å². The van der Waals surface area contributed by atoms with E-state index in [9.17, 15) is 28.1 Å². The number of aromatic nitrogens is 2. The lowest BCUT2D eigenvalue weighted by Gasteiger charge is -2.18. The summed E-state index contributed by atoms with van der Waals surface area (Å²) in [4.78, 5) is 27.5. The Hall–Kier alpha value is -2.91. The van der Waals surface area contributed by atoms with Gasteiger partial charge in [0, 0.05) is 25.5 Å². The number of nitro benzene ring substituents is 1. The summed E-state index contributed by atoms with van der Waals surface area (Å²) in [6.45, 7) is -1.44. The van der Waals surface area contributed by atoms with Crippen LogP contribution in [0.4, 0.5) is 18.9 Å². The number of nitro groups is 1. The number of rotatable bonds is 5. The lowest BCUT2D eigenvalue weighted by atomic mass is 10.1. The van der Waals surface area contributed by atoms with Crippen molar-refractivity contribution >= 4 is 11.6 Å². The number of nitrogens with zero attached hydrogens (tertiary/aromatic N) is 4. The molecule has 1 heterocycles. The van der Waals surface area contributed by atoms with Crippen molar-refractivity contribution in [3.63, 3.8) is 0 Å². The zero-order valence-electron chi connectivity index (χ0n) is 12.5. The van der Waals surface area contributed by atoms with Gasteiger partial charge in [0.2, 0.25) is 0 Å². The Bertz CT molecular complexity index is 758. The van der Waals surface area contributed by atoms with Gasteiger partial charge in [0.15, 0.2) is 0 Å². The lowest BCUT2D eigenvalue weighted by Crippen LogP contribution is -2.29. The normalized spacial score (nSPS) is 11.3. The smallest absolute Gasteiger partial charge is 0.334 e. The number of hydrogen-bond acceptors (Lipinski definition) is 4. The number of halogens is 3. The summed E-state index contributed by atoms with van der Waals surface area (Å²) in [5.41, 5.74) is -0.507. The summed E-state index contributed by atoms with van der Waals surface area (Å²) >= 11 is 0. The van der Waals surface area contributed by atoms with Crippen LogP contribution in [0.25, 0.3) is 0 Å². The van der Waals surface area contributed by atoms with Crippen LogP contribution in [0.5, 0.6) is 0 Å². The molecule has 0 aliphatic rings. The average Bonchev–Trinajstić information content (AvgIpc) is 2.91. The SMILES string of the molecule is CN(Cc1nccn1CC(F)(F)F)C(=O)c1ccccc1[N+](=O)[O-]. The average molecular weight is 342 g/mol. The second-order valence-corrected chi connectivity index (χ2v) is 5.02. The number of carbonyl (C=O) groups is 1. The van der Waals surface area contributed by atoms with Crippen molar-refractivity contribution in [1.29, 1.82) is 0 Å². The third-order valence-corrected chi connectivity index (χ3v) is 3.21. The maximum Gasteiger partial charge on any atom is 0.406 e. The standard InChI is InChI=1S/C14H13F3N4O3/c1-19(8-12-18-6-7-20(12)9-14(15,16)17)13(22)10-4-2-3-5-11(10)21(23)24/h2-7H,8-9H2,1H3. The highest BCUT2D eigenvalue weighted by Crippen LogP contribution is 2.21. The minimum Gasteiger partial charge on any atom is -0.334 e. The Morgan fingerprint density at radius 1 is 1.38 bits per heavy atom. The largest absolute Gasteiger partial charge is 0.406 e. The van der Waals surface area contributed by atoms with Crippen molar-refractivity contribution in [2.24, 2.45) is 0 Å². The first kappa shape index (κ1) is 17.4. The summed E-state index contributed by atoms with van der Waals surface area (Å²) in [6.07, 6.45) is -2.06. The fourth-order valence-corrected chi connectivity index (χ4v) is 2.13. The fourth-order valence-electron chi connectivity index (χ4n) is 2.13. The molecular weight excluding hydrogens is 329 g/mol. The molecular formula is C14H13F3N4O3. The van der Waals surface area contributed by atoms with Gasteiger partial charge in [-0.1, -0.05) is 12.1 Å². The minimum absolute atomic E-state index is 0.0294. The Balaban J connectivity index is 2.19. The van der Waals surface area contributed by atoms with Crippen molar-refractivity contribution in [2.75, 3.05) is 7.05 Å². The van der Waals surface area contributed by atoms with Gasteiger partial charge in [-0.3, -0.25) is 14.9 Å². The maximum atomic E-state index is 12.5. The third kappa shape index (κ3) is 4.09. The third-order valence-electron chi connectivity index (χ3n) is 3.21. The van der Waals surface area contributed by atoms with Crippen LogP contribution < -0.4 is 0 Å². The molecule has 0 bridgehead atoms. The molecule has 0 saturated heterocycles. The van der Waals surface area contributed by atoms with Crippen LogP contribution >= 0.6 is 0 Å². The molecule has 0 unspecified atom stereocenters. The number of benzene rings is 1. The Labute approximate surface area is 134 Å². The van der Waals surface area contributed by atoms with E-state index in [1.807, 2.05) is 0 Å². The number of imidazole rings is 1. The maximum absolute atomic E-state index is 12.5. The van der Waals surface area contributed by atoms with Gasteiger partial charge in [-0.15, -0.1) is 0 Å². The van der Waals surface area contributed by atoms with E-state index in [1.54, 1.807) is 0 Å². The van der Waals surface area contributed by atoms with Gasteiger partial charge in [0.05, 0.1) is 11.5 Å². The van der Waals surface area contributed by atoms with Crippen LogP contribution in [-0.4, -0.2) is 38.5 Å². The van der Waals surface area contributed by atoms with E-state index in [0.29, 0.717) is 0 Å². The molecule has 0 aliphatic heterocycles. The van der Waals surface area contributed by atoms with Gasteiger partial charge < -0.3 is 9.47 Å². The van der Waals surface area contributed by atoms with E-state index in [0.717, 1.165) is 15.7 Å². The molecule has 0 N–H and O–H groups in total. The number of alkyl halides is 3. The van der Waals surface area contributed by atoms with E-state index in [2.05, 4.69) is 4.98 Å². The van der Waals surface area contributed by atoms with Crippen LogP contribution in [-0.2, 0) is 13.1 Å². The van der Waals surface area contributed by atoms with Crippen LogP contribution in [0.3, 0.4) is 0 Å². The highest BCUT2D eigenvalue weighted by atomic mass is 19.4. The summed E-state index contributed by atoms with van der Waals surface area (Å²) in [7, 11) is 1.34. The molecule has 0 aliphatic carbocycles. The van der Waals surface area contributed by atoms with Crippen LogP contribution in [0.15, 0.2) is 36.7 Å². The molecule has 0 fully saturated rings. The number of hydrogen-bond donors (Lipinski definition) is 0. The van der Waals surface area contributed by atoms with E-state index < -0.39 is 23.6 Å². The van der Waals surface area contributed by atoms with Gasteiger partial charge in [-0.05, 0) is 6.07 Å². The molecule has 1 aromatic heterocycles. The molecule has 2 aromatic rings. The summed E-state index contributed by atoms with van der Waals surface area (Å²) < 4.78 is 38.4. The molecule has 0 radical (unpaired) electrons. The molecule has 10 heteroatoms. The first-order valence-corrected chi connectivity index (χ1v) is 6.74. The number of para-hydroxylation sites is 1. The Morgan fingerprint density at radius 2 is 2.04 bits per heavy atom. The highest BCUT2D eigenvalue weighted by Gasteiger charge is 2.29. The lowest BCUT2D eigenvalue weighted by molar-refractivity contribution is -0.385. The highest BCUT2D eigenvalue weighted by molar-refractivity contribution is 5.97. The molecule has 0 saturated carbocycles. The van der Waals surface area contributed by atoms with Crippen molar-refractivity contribution in [2.45, 2.75) is 19.3 Å². The predicted molar refractivity (Wildman–Crippen MR) is 77.2 cm³/mol. The number of carbonyl (C=O) groups excluding carboxylic acids is 1. The molecule has 128 valence electrons. The fraction of sp³-hybridized carbons (Fsp3) is 0.286. The Kier molecular flexibility index (Phi) is 4.86. The van der Waals surface area contributed by atoms with E-state index >= 15 is 0 Å². The first-order valence-electron chi connectivity index (χ1n) is 6.74. The summed E-state index contributed by atoms with van der Waals surface area (Å²) in [6, 6.07) is 5.37. The monoisotopic (exact) mass is 342 g/mol. The van der Waals surface area contributed by atoms with E-state index in [1.165, 1.54) is 37.5 Å². The van der Waals surface area contributed by atoms with Gasteiger partial charge in [0.1, 0.15) is 17.9 Å². The van der Waals surface area contributed by atoms with Gasteiger partial charge in [0.25, 0.3) is 11.6 Å². The summed E-state index contributed by atoms with van der Waals surface area (Å²) in [5, 5.41) is 11.0. The van der Waals surface area contributed by atoms with Gasteiger partial charge >= 0.3 is 6.18 Å². The van der Waals surface area contributed by atoms with E-state index in [4.69, 9.17) is 0 Å². The molecule has 1 aromatic carbocycles.